The number of allylic oxidation sites excluding steroid dienone is 3. The number of halogens is 1. The topological polar surface area (TPSA) is 25.2 Å². The monoisotopic (exact) mass is 220 g/mol. The van der Waals surface area contributed by atoms with Crippen molar-refractivity contribution in [2.45, 2.75) is 13.8 Å². The van der Waals surface area contributed by atoms with Crippen LogP contribution in [0.2, 0.25) is 0 Å². The second-order valence-electron chi connectivity index (χ2n) is 3.05. The highest BCUT2D eigenvalue weighted by molar-refractivity contribution is 6.31. The fraction of sp³-hybridized carbons (Fsp3) is 0.167. The van der Waals surface area contributed by atoms with Crippen molar-refractivity contribution in [1.29, 1.82) is 0 Å². The first kappa shape index (κ1) is 11.7. The smallest absolute Gasteiger partial charge is 0.0841 e. The van der Waals surface area contributed by atoms with Crippen LogP contribution in [0.25, 0.3) is 0 Å². The van der Waals surface area contributed by atoms with E-state index in [-0.39, 0.29) is 0 Å². The second-order valence-corrected chi connectivity index (χ2v) is 3.46. The van der Waals surface area contributed by atoms with Crippen LogP contribution in [0.4, 0.5) is 0 Å². The van der Waals surface area contributed by atoms with Crippen LogP contribution in [-0.4, -0.2) is 10.7 Å². The van der Waals surface area contributed by atoms with Crippen LogP contribution in [0.1, 0.15) is 19.5 Å². The number of nitrogens with zero attached hydrogens (tertiary/aromatic N) is 2. The number of rotatable bonds is 3. The average Bonchev–Trinajstić information content (AvgIpc) is 2.29. The normalized spacial score (nSPS) is 13.4. The number of hydrogen-bond acceptors (Lipinski definition) is 2. The molecule has 2 nitrogen and oxygen atoms in total. The van der Waals surface area contributed by atoms with Crippen LogP contribution in [0.15, 0.2) is 52.8 Å². The molecule has 15 heavy (non-hydrogen) atoms. The fourth-order valence-corrected chi connectivity index (χ4v) is 1.13. The lowest BCUT2D eigenvalue weighted by atomic mass is 10.2. The van der Waals surface area contributed by atoms with Crippen LogP contribution in [-0.2, 0) is 0 Å². The summed E-state index contributed by atoms with van der Waals surface area (Å²) in [6.07, 6.45) is 3.31. The van der Waals surface area contributed by atoms with Gasteiger partial charge in [0.25, 0.3) is 0 Å². The van der Waals surface area contributed by atoms with Crippen LogP contribution in [0, 0.1) is 0 Å². The van der Waals surface area contributed by atoms with E-state index in [4.69, 9.17) is 11.6 Å². The Bertz CT molecular complexity index is 405. The van der Waals surface area contributed by atoms with Gasteiger partial charge < -0.3 is 0 Å². The quantitative estimate of drug-likeness (QED) is 0.565. The predicted octanol–water partition coefficient (Wildman–Crippen LogP) is 3.55. The Morgan fingerprint density at radius 1 is 1.47 bits per heavy atom. The first-order valence-electron chi connectivity index (χ1n) is 4.60. The minimum atomic E-state index is 0.560. The van der Waals surface area contributed by atoms with E-state index in [0.717, 1.165) is 17.1 Å². The third kappa shape index (κ3) is 3.33. The second kappa shape index (κ2) is 5.47. The maximum Gasteiger partial charge on any atom is 0.0841 e. The highest BCUT2D eigenvalue weighted by atomic mass is 35.5. The molecular formula is C12H13ClN2. The Balaban J connectivity index is 3.00. The maximum atomic E-state index is 5.88. The third-order valence-corrected chi connectivity index (χ3v) is 2.32. The number of aromatic nitrogens is 1. The Hall–Kier alpha value is -1.41. The van der Waals surface area contributed by atoms with E-state index in [1.165, 1.54) is 0 Å². The summed E-state index contributed by atoms with van der Waals surface area (Å²) in [7, 11) is 0. The molecule has 3 heteroatoms. The summed E-state index contributed by atoms with van der Waals surface area (Å²) in [5.74, 6) is 0. The molecule has 0 bridgehead atoms. The van der Waals surface area contributed by atoms with Crippen molar-refractivity contribution in [3.8, 4) is 0 Å². The van der Waals surface area contributed by atoms with Gasteiger partial charge in [0.2, 0.25) is 0 Å². The highest BCUT2D eigenvalue weighted by Gasteiger charge is 1.99. The summed E-state index contributed by atoms with van der Waals surface area (Å²) in [5, 5.41) is 0.560. The molecule has 0 atom stereocenters. The predicted molar refractivity (Wildman–Crippen MR) is 65.2 cm³/mol. The lowest BCUT2D eigenvalue weighted by molar-refractivity contribution is 1.24. The Morgan fingerprint density at radius 3 is 2.73 bits per heavy atom. The van der Waals surface area contributed by atoms with E-state index in [1.807, 2.05) is 32.0 Å². The molecule has 0 radical (unpaired) electrons. The molecule has 1 aromatic rings. The maximum absolute atomic E-state index is 5.88. The first-order valence-corrected chi connectivity index (χ1v) is 4.98. The van der Waals surface area contributed by atoms with Crippen molar-refractivity contribution >= 4 is 17.3 Å². The van der Waals surface area contributed by atoms with Crippen LogP contribution in [0.5, 0.6) is 0 Å². The van der Waals surface area contributed by atoms with Gasteiger partial charge in [0.15, 0.2) is 0 Å². The van der Waals surface area contributed by atoms with E-state index in [9.17, 15) is 0 Å². The van der Waals surface area contributed by atoms with E-state index < -0.39 is 0 Å². The van der Waals surface area contributed by atoms with Crippen molar-refractivity contribution in [2.75, 3.05) is 0 Å². The lowest BCUT2D eigenvalue weighted by Gasteiger charge is -2.00. The van der Waals surface area contributed by atoms with Gasteiger partial charge in [0.05, 0.1) is 22.1 Å². The van der Waals surface area contributed by atoms with Crippen molar-refractivity contribution in [3.63, 3.8) is 0 Å². The van der Waals surface area contributed by atoms with Gasteiger partial charge in [-0.25, -0.2) is 0 Å². The van der Waals surface area contributed by atoms with Crippen LogP contribution >= 0.6 is 11.6 Å². The van der Waals surface area contributed by atoms with Gasteiger partial charge in [0.1, 0.15) is 0 Å². The highest BCUT2D eigenvalue weighted by Crippen LogP contribution is 2.12. The molecular weight excluding hydrogens is 208 g/mol. The number of hydrogen-bond donors (Lipinski definition) is 0. The van der Waals surface area contributed by atoms with Crippen molar-refractivity contribution in [3.05, 3.63) is 53.5 Å². The summed E-state index contributed by atoms with van der Waals surface area (Å²) in [5.41, 5.74) is 2.44. The third-order valence-electron chi connectivity index (χ3n) is 1.90. The summed E-state index contributed by atoms with van der Waals surface area (Å²) in [6, 6.07) is 5.71. The molecule has 0 aliphatic carbocycles. The summed E-state index contributed by atoms with van der Waals surface area (Å²) < 4.78 is 0. The molecule has 0 saturated carbocycles. The molecule has 0 fully saturated rings. The molecule has 1 aromatic heterocycles. The molecule has 1 heterocycles. The standard InChI is InChI=1S/C12H13ClN2/c1-4-11(13)9(2)15-10(3)12-7-5-6-8-14-12/h4-8H,1H2,2-3H3/b11-9-,15-10+. The van der Waals surface area contributed by atoms with Gasteiger partial charge in [0, 0.05) is 6.20 Å². The van der Waals surface area contributed by atoms with Gasteiger partial charge in [-0.1, -0.05) is 24.2 Å². The van der Waals surface area contributed by atoms with Gasteiger partial charge in [-0.15, -0.1) is 0 Å². The molecule has 78 valence electrons. The zero-order valence-electron chi connectivity index (χ0n) is 8.87. The molecule has 0 aromatic carbocycles. The summed E-state index contributed by atoms with van der Waals surface area (Å²) in [6.45, 7) is 7.33. The largest absolute Gasteiger partial charge is 0.255 e. The molecule has 0 saturated heterocycles. The number of pyridine rings is 1. The molecule has 0 spiro atoms. The molecule has 1 rings (SSSR count). The summed E-state index contributed by atoms with van der Waals surface area (Å²) in [4.78, 5) is 8.54. The Kier molecular flexibility index (Phi) is 4.25. The molecule has 0 aliphatic rings. The van der Waals surface area contributed by atoms with Gasteiger partial charge in [-0.05, 0) is 32.1 Å². The molecule has 0 N–H and O–H groups in total. The summed E-state index contributed by atoms with van der Waals surface area (Å²) >= 11 is 5.88. The van der Waals surface area contributed by atoms with Gasteiger partial charge >= 0.3 is 0 Å². The Labute approximate surface area is 95.0 Å². The van der Waals surface area contributed by atoms with Crippen molar-refractivity contribution in [2.24, 2.45) is 4.99 Å². The van der Waals surface area contributed by atoms with Gasteiger partial charge in [-0.3, -0.25) is 9.98 Å². The fourth-order valence-electron chi connectivity index (χ4n) is 1.09. The minimum absolute atomic E-state index is 0.560. The van der Waals surface area contributed by atoms with Gasteiger partial charge in [-0.2, -0.15) is 0 Å². The molecule has 0 unspecified atom stereocenters. The zero-order chi connectivity index (χ0) is 11.3. The SMILES string of the molecule is C=C/C(Cl)=C(C)/N=C(\C)c1ccccn1. The van der Waals surface area contributed by atoms with Crippen molar-refractivity contribution in [1.82, 2.24) is 4.98 Å². The molecule has 0 aliphatic heterocycles. The van der Waals surface area contributed by atoms with E-state index in [1.54, 1.807) is 12.3 Å². The minimum Gasteiger partial charge on any atom is -0.255 e. The lowest BCUT2D eigenvalue weighted by Crippen LogP contribution is -1.97. The average molecular weight is 221 g/mol. The van der Waals surface area contributed by atoms with E-state index in [0.29, 0.717) is 5.03 Å². The van der Waals surface area contributed by atoms with Crippen molar-refractivity contribution < 1.29 is 0 Å². The van der Waals surface area contributed by atoms with E-state index in [2.05, 4.69) is 16.6 Å². The van der Waals surface area contributed by atoms with Crippen LogP contribution < -0.4 is 0 Å². The van der Waals surface area contributed by atoms with E-state index >= 15 is 0 Å². The Morgan fingerprint density at radius 2 is 2.20 bits per heavy atom. The van der Waals surface area contributed by atoms with Crippen LogP contribution in [0.3, 0.4) is 0 Å². The number of aliphatic imine (C=N–C) groups is 1. The first-order chi connectivity index (χ1) is 7.15. The zero-order valence-corrected chi connectivity index (χ0v) is 9.62. The molecule has 0 amide bonds.